The second-order valence-electron chi connectivity index (χ2n) is 5.51. The normalized spacial score (nSPS) is 22.9. The van der Waals surface area contributed by atoms with E-state index in [1.54, 1.807) is 0 Å². The quantitative estimate of drug-likeness (QED) is 0.687. The van der Waals surface area contributed by atoms with Crippen molar-refractivity contribution in [2.75, 3.05) is 0 Å². The summed E-state index contributed by atoms with van der Waals surface area (Å²) < 4.78 is -0.249. The third-order valence-electron chi connectivity index (χ3n) is 2.90. The molecule has 106 valence electrons. The molecule has 6 nitrogen and oxygen atoms in total. The Labute approximate surface area is 122 Å². The molecule has 19 heavy (non-hydrogen) atoms. The number of aromatic nitrogens is 4. The number of thiol groups is 1. The molecular weight excluding hydrogens is 282 g/mol. The van der Waals surface area contributed by atoms with Crippen molar-refractivity contribution in [3.05, 3.63) is 5.82 Å². The van der Waals surface area contributed by atoms with E-state index in [9.17, 15) is 4.79 Å². The smallest absolute Gasteiger partial charge is 0.221 e. The topological polar surface area (TPSA) is 83.6 Å². The molecule has 0 aromatic carbocycles. The van der Waals surface area contributed by atoms with Gasteiger partial charge in [0.1, 0.15) is 0 Å². The molecule has 1 aliphatic carbocycles. The number of H-pyrrole nitrogens is 1. The highest BCUT2D eigenvalue weighted by Crippen LogP contribution is 2.33. The minimum Gasteiger partial charge on any atom is -0.353 e. The molecule has 1 aromatic rings. The third kappa shape index (κ3) is 5.02. The molecule has 0 aliphatic heterocycles. The zero-order chi connectivity index (χ0) is 13.9. The lowest BCUT2D eigenvalue weighted by molar-refractivity contribution is -0.122. The number of nitrogens with zero attached hydrogens (tertiary/aromatic N) is 3. The molecule has 1 fully saturated rings. The van der Waals surface area contributed by atoms with Gasteiger partial charge in [0, 0.05) is 22.5 Å². The van der Waals surface area contributed by atoms with Gasteiger partial charge in [-0.25, -0.2) is 5.10 Å². The van der Waals surface area contributed by atoms with Crippen LogP contribution in [0.3, 0.4) is 0 Å². The Morgan fingerprint density at radius 2 is 2.32 bits per heavy atom. The zero-order valence-electron chi connectivity index (χ0n) is 11.1. The van der Waals surface area contributed by atoms with E-state index in [1.165, 1.54) is 0 Å². The summed E-state index contributed by atoms with van der Waals surface area (Å²) in [6.07, 6.45) is 2.49. The van der Waals surface area contributed by atoms with Crippen LogP contribution in [0.25, 0.3) is 0 Å². The maximum atomic E-state index is 11.7. The van der Waals surface area contributed by atoms with Crippen LogP contribution in [0.4, 0.5) is 0 Å². The first-order valence-corrected chi connectivity index (χ1v) is 7.78. The van der Waals surface area contributed by atoms with E-state index in [4.69, 9.17) is 0 Å². The number of hydrogen-bond acceptors (Lipinski definition) is 6. The molecule has 0 atom stereocenters. The van der Waals surface area contributed by atoms with E-state index in [0.29, 0.717) is 17.7 Å². The standard InChI is InChI=1S/C11H19N5OS2/c1-11(2,18)5-10(17)12-7-3-8(4-7)19-6-9-13-15-16-14-9/h7-8,18H,3-6H2,1-2H3,(H,12,17)(H,13,14,15,16). The summed E-state index contributed by atoms with van der Waals surface area (Å²) in [5.41, 5.74) is 0. The van der Waals surface area contributed by atoms with Gasteiger partial charge in [0.15, 0.2) is 5.82 Å². The zero-order valence-corrected chi connectivity index (χ0v) is 12.8. The molecule has 8 heteroatoms. The Balaban J connectivity index is 1.60. The number of hydrogen-bond donors (Lipinski definition) is 3. The first-order valence-electron chi connectivity index (χ1n) is 6.28. The lowest BCUT2D eigenvalue weighted by Crippen LogP contribution is -2.46. The predicted molar refractivity (Wildman–Crippen MR) is 78.1 cm³/mol. The second-order valence-corrected chi connectivity index (χ2v) is 8.01. The summed E-state index contributed by atoms with van der Waals surface area (Å²) in [7, 11) is 0. The first-order chi connectivity index (χ1) is 8.92. The Hall–Kier alpha value is -0.760. The average Bonchev–Trinajstić information content (AvgIpc) is 2.71. The van der Waals surface area contributed by atoms with Crippen molar-refractivity contribution in [3.63, 3.8) is 0 Å². The van der Waals surface area contributed by atoms with E-state index < -0.39 is 0 Å². The highest BCUT2D eigenvalue weighted by atomic mass is 32.2. The molecule has 0 unspecified atom stereocenters. The summed E-state index contributed by atoms with van der Waals surface area (Å²) in [5, 5.41) is 17.3. The number of aromatic amines is 1. The number of carbonyl (C=O) groups excluding carboxylic acids is 1. The van der Waals surface area contributed by atoms with Gasteiger partial charge in [0.25, 0.3) is 0 Å². The molecule has 1 aromatic heterocycles. The van der Waals surface area contributed by atoms with E-state index in [0.717, 1.165) is 24.4 Å². The summed E-state index contributed by atoms with van der Waals surface area (Å²) in [6, 6.07) is 0.313. The van der Waals surface area contributed by atoms with Crippen molar-refractivity contribution in [2.24, 2.45) is 0 Å². The fourth-order valence-corrected chi connectivity index (χ4v) is 3.32. The van der Waals surface area contributed by atoms with Crippen LogP contribution in [0.5, 0.6) is 0 Å². The van der Waals surface area contributed by atoms with Gasteiger partial charge in [0.2, 0.25) is 5.91 Å². The third-order valence-corrected chi connectivity index (χ3v) is 4.35. The minimum atomic E-state index is -0.249. The Morgan fingerprint density at radius 1 is 1.58 bits per heavy atom. The number of nitrogens with one attached hydrogen (secondary N) is 2. The van der Waals surface area contributed by atoms with Crippen molar-refractivity contribution in [2.45, 2.75) is 54.9 Å². The van der Waals surface area contributed by atoms with Crippen LogP contribution in [0, 0.1) is 0 Å². The summed E-state index contributed by atoms with van der Waals surface area (Å²) >= 11 is 6.19. The molecule has 0 bridgehead atoms. The largest absolute Gasteiger partial charge is 0.353 e. The van der Waals surface area contributed by atoms with Gasteiger partial charge in [-0.15, -0.1) is 5.10 Å². The Bertz CT molecular complexity index is 411. The SMILES string of the molecule is CC(C)(S)CC(=O)NC1CC(SCc2nnn[nH]2)C1. The molecule has 2 rings (SSSR count). The molecule has 1 saturated carbocycles. The van der Waals surface area contributed by atoms with Gasteiger partial charge in [0.05, 0.1) is 5.75 Å². The van der Waals surface area contributed by atoms with E-state index in [1.807, 2.05) is 25.6 Å². The van der Waals surface area contributed by atoms with Crippen molar-refractivity contribution >= 4 is 30.3 Å². The fourth-order valence-electron chi connectivity index (χ4n) is 1.93. The highest BCUT2D eigenvalue weighted by molar-refractivity contribution is 7.99. The number of amides is 1. The highest BCUT2D eigenvalue weighted by Gasteiger charge is 2.31. The average molecular weight is 301 g/mol. The van der Waals surface area contributed by atoms with Gasteiger partial charge in [-0.1, -0.05) is 13.8 Å². The second kappa shape index (κ2) is 6.13. The van der Waals surface area contributed by atoms with E-state index >= 15 is 0 Å². The first kappa shape index (κ1) is 14.6. The van der Waals surface area contributed by atoms with Crippen molar-refractivity contribution in [1.29, 1.82) is 0 Å². The van der Waals surface area contributed by atoms with Gasteiger partial charge < -0.3 is 5.32 Å². The van der Waals surface area contributed by atoms with Crippen LogP contribution >= 0.6 is 24.4 Å². The van der Waals surface area contributed by atoms with Gasteiger partial charge >= 0.3 is 0 Å². The molecule has 0 spiro atoms. The molecule has 1 heterocycles. The maximum Gasteiger partial charge on any atom is 0.221 e. The number of tetrazole rings is 1. The van der Waals surface area contributed by atoms with Crippen LogP contribution < -0.4 is 5.32 Å². The molecular formula is C11H19N5OS2. The van der Waals surface area contributed by atoms with Crippen LogP contribution in [0.2, 0.25) is 0 Å². The van der Waals surface area contributed by atoms with Gasteiger partial charge in [-0.3, -0.25) is 4.79 Å². The van der Waals surface area contributed by atoms with Crippen LogP contribution in [-0.2, 0) is 10.5 Å². The number of thioether (sulfide) groups is 1. The van der Waals surface area contributed by atoms with Gasteiger partial charge in [-0.2, -0.15) is 24.4 Å². The Morgan fingerprint density at radius 3 is 2.89 bits per heavy atom. The summed E-state index contributed by atoms with van der Waals surface area (Å²) in [4.78, 5) is 11.7. The molecule has 1 aliphatic rings. The molecule has 0 saturated heterocycles. The van der Waals surface area contributed by atoms with E-state index in [-0.39, 0.29) is 10.7 Å². The van der Waals surface area contributed by atoms with Crippen molar-refractivity contribution < 1.29 is 4.79 Å². The fraction of sp³-hybridized carbons (Fsp3) is 0.818. The monoisotopic (exact) mass is 301 g/mol. The van der Waals surface area contributed by atoms with Crippen LogP contribution in [0.1, 0.15) is 38.9 Å². The summed E-state index contributed by atoms with van der Waals surface area (Å²) in [6.45, 7) is 3.89. The Kier molecular flexibility index (Phi) is 4.72. The number of carbonyl (C=O) groups is 1. The van der Waals surface area contributed by atoms with Crippen molar-refractivity contribution in [3.8, 4) is 0 Å². The van der Waals surface area contributed by atoms with Crippen LogP contribution in [0.15, 0.2) is 0 Å². The van der Waals surface area contributed by atoms with E-state index in [2.05, 4.69) is 38.6 Å². The summed E-state index contributed by atoms with van der Waals surface area (Å²) in [5.74, 6) is 1.68. The van der Waals surface area contributed by atoms with Crippen LogP contribution in [-0.4, -0.2) is 42.6 Å². The molecule has 2 N–H and O–H groups in total. The maximum absolute atomic E-state index is 11.7. The van der Waals surface area contributed by atoms with Crippen molar-refractivity contribution in [1.82, 2.24) is 25.9 Å². The lowest BCUT2D eigenvalue weighted by Gasteiger charge is -2.35. The predicted octanol–water partition coefficient (Wildman–Crippen LogP) is 1.18. The molecule has 1 amide bonds. The minimum absolute atomic E-state index is 0.0906. The van der Waals surface area contributed by atoms with Gasteiger partial charge in [-0.05, 0) is 23.3 Å². The number of rotatable bonds is 6. The lowest BCUT2D eigenvalue weighted by atomic mass is 9.92. The molecule has 0 radical (unpaired) electrons.